The van der Waals surface area contributed by atoms with E-state index in [4.69, 9.17) is 5.26 Å². The van der Waals surface area contributed by atoms with Crippen molar-refractivity contribution in [3.8, 4) is 6.07 Å². The Morgan fingerprint density at radius 1 is 1.24 bits per heavy atom. The van der Waals surface area contributed by atoms with Crippen molar-refractivity contribution in [2.45, 2.75) is 39.0 Å². The van der Waals surface area contributed by atoms with Gasteiger partial charge in [-0.25, -0.2) is 4.39 Å². The highest BCUT2D eigenvalue weighted by Gasteiger charge is 2.21. The van der Waals surface area contributed by atoms with E-state index in [0.29, 0.717) is 17.7 Å². The molecule has 25 heavy (non-hydrogen) atoms. The molecule has 0 spiro atoms. The molecule has 0 saturated carbocycles. The fourth-order valence-electron chi connectivity index (χ4n) is 2.55. The van der Waals surface area contributed by atoms with Crippen molar-refractivity contribution in [3.05, 3.63) is 71.0 Å². The van der Waals surface area contributed by atoms with Crippen LogP contribution >= 0.6 is 0 Å². The first-order valence-electron chi connectivity index (χ1n) is 8.12. The molecule has 0 aliphatic heterocycles. The molecule has 0 aliphatic rings. The summed E-state index contributed by atoms with van der Waals surface area (Å²) in [5.74, 6) is -0.654. The lowest BCUT2D eigenvalue weighted by atomic mass is 10.0. The van der Waals surface area contributed by atoms with Gasteiger partial charge in [-0.3, -0.25) is 4.79 Å². The SMILES string of the molecule is CC(C)N(Cc1ccc(C#N)cc1)C(=O)CC(O)c1cccc(F)c1. The van der Waals surface area contributed by atoms with Crippen LogP contribution in [0, 0.1) is 17.1 Å². The van der Waals surface area contributed by atoms with Gasteiger partial charge in [0.05, 0.1) is 24.2 Å². The Balaban J connectivity index is 2.08. The number of rotatable bonds is 6. The summed E-state index contributed by atoms with van der Waals surface area (Å²) in [5.41, 5.74) is 1.85. The van der Waals surface area contributed by atoms with Gasteiger partial charge in [-0.1, -0.05) is 24.3 Å². The maximum absolute atomic E-state index is 13.3. The zero-order chi connectivity index (χ0) is 18.4. The molecular weight excluding hydrogens is 319 g/mol. The predicted octanol–water partition coefficient (Wildman–Crippen LogP) is 3.56. The van der Waals surface area contributed by atoms with E-state index in [9.17, 15) is 14.3 Å². The summed E-state index contributed by atoms with van der Waals surface area (Å²) >= 11 is 0. The van der Waals surface area contributed by atoms with Crippen LogP contribution in [0.5, 0.6) is 0 Å². The van der Waals surface area contributed by atoms with Crippen molar-refractivity contribution in [3.63, 3.8) is 0 Å². The average molecular weight is 340 g/mol. The summed E-state index contributed by atoms with van der Waals surface area (Å²) in [4.78, 5) is 14.3. The molecule has 0 aliphatic carbocycles. The highest BCUT2D eigenvalue weighted by atomic mass is 19.1. The number of carbonyl (C=O) groups is 1. The van der Waals surface area contributed by atoms with E-state index in [1.165, 1.54) is 18.2 Å². The third kappa shape index (κ3) is 5.13. The Kier molecular flexibility index (Phi) is 6.26. The minimum atomic E-state index is -1.05. The maximum atomic E-state index is 13.3. The quantitative estimate of drug-likeness (QED) is 0.874. The predicted molar refractivity (Wildman–Crippen MR) is 92.8 cm³/mol. The van der Waals surface area contributed by atoms with Crippen LogP contribution in [-0.4, -0.2) is 22.0 Å². The first-order chi connectivity index (χ1) is 11.9. The number of benzene rings is 2. The number of carbonyl (C=O) groups excluding carboxylic acids is 1. The second-order valence-corrected chi connectivity index (χ2v) is 6.20. The lowest BCUT2D eigenvalue weighted by Gasteiger charge is -2.28. The Morgan fingerprint density at radius 3 is 2.48 bits per heavy atom. The molecule has 1 amide bonds. The first kappa shape index (κ1) is 18.6. The van der Waals surface area contributed by atoms with E-state index in [1.54, 1.807) is 23.1 Å². The smallest absolute Gasteiger partial charge is 0.226 e. The first-order valence-corrected chi connectivity index (χ1v) is 8.12. The second kappa shape index (κ2) is 8.41. The number of aliphatic hydroxyl groups is 1. The Morgan fingerprint density at radius 2 is 1.92 bits per heavy atom. The van der Waals surface area contributed by atoms with Crippen molar-refractivity contribution in [2.24, 2.45) is 0 Å². The lowest BCUT2D eigenvalue weighted by molar-refractivity contribution is -0.135. The zero-order valence-corrected chi connectivity index (χ0v) is 14.3. The monoisotopic (exact) mass is 340 g/mol. The van der Waals surface area contributed by atoms with Gasteiger partial charge in [-0.15, -0.1) is 0 Å². The van der Waals surface area contributed by atoms with E-state index in [2.05, 4.69) is 6.07 Å². The summed E-state index contributed by atoms with van der Waals surface area (Å²) in [5, 5.41) is 19.1. The summed E-state index contributed by atoms with van der Waals surface area (Å²) < 4.78 is 13.3. The van der Waals surface area contributed by atoms with Crippen LogP contribution in [0.25, 0.3) is 0 Å². The number of amides is 1. The molecule has 1 unspecified atom stereocenters. The van der Waals surface area contributed by atoms with E-state index in [1.807, 2.05) is 26.0 Å². The summed E-state index contributed by atoms with van der Waals surface area (Å²) in [7, 11) is 0. The number of hydrogen-bond acceptors (Lipinski definition) is 3. The van der Waals surface area contributed by atoms with Gasteiger partial charge in [0.15, 0.2) is 0 Å². The van der Waals surface area contributed by atoms with Crippen LogP contribution in [0.15, 0.2) is 48.5 Å². The molecular formula is C20H21FN2O2. The van der Waals surface area contributed by atoms with Gasteiger partial charge in [0.25, 0.3) is 0 Å². The molecule has 0 radical (unpaired) electrons. The standard InChI is InChI=1S/C20H21FN2O2/c1-14(2)23(13-16-8-6-15(12-22)7-9-16)20(25)11-19(24)17-4-3-5-18(21)10-17/h3-10,14,19,24H,11,13H2,1-2H3. The molecule has 4 nitrogen and oxygen atoms in total. The molecule has 1 atom stereocenters. The van der Waals surface area contributed by atoms with Crippen LogP contribution in [0.2, 0.25) is 0 Å². The molecule has 0 bridgehead atoms. The number of aliphatic hydroxyl groups excluding tert-OH is 1. The van der Waals surface area contributed by atoms with Gasteiger partial charge in [-0.2, -0.15) is 5.26 Å². The molecule has 2 rings (SSSR count). The number of nitrogens with zero attached hydrogens (tertiary/aromatic N) is 2. The van der Waals surface area contributed by atoms with Gasteiger partial charge >= 0.3 is 0 Å². The topological polar surface area (TPSA) is 64.3 Å². The molecule has 0 fully saturated rings. The molecule has 2 aromatic carbocycles. The zero-order valence-electron chi connectivity index (χ0n) is 14.3. The molecule has 130 valence electrons. The summed E-state index contributed by atoms with van der Waals surface area (Å²) in [6, 6.07) is 14.7. The third-order valence-electron chi connectivity index (χ3n) is 3.98. The highest BCUT2D eigenvalue weighted by molar-refractivity contribution is 5.77. The second-order valence-electron chi connectivity index (χ2n) is 6.20. The summed E-state index contributed by atoms with van der Waals surface area (Å²) in [6.45, 7) is 4.18. The molecule has 0 saturated heterocycles. The molecule has 5 heteroatoms. The fourth-order valence-corrected chi connectivity index (χ4v) is 2.55. The van der Waals surface area contributed by atoms with Crippen LogP contribution in [-0.2, 0) is 11.3 Å². The molecule has 2 aromatic rings. The van der Waals surface area contributed by atoms with Crippen molar-refractivity contribution in [2.75, 3.05) is 0 Å². The normalized spacial score (nSPS) is 11.8. The van der Waals surface area contributed by atoms with Crippen molar-refractivity contribution in [1.82, 2.24) is 4.90 Å². The summed E-state index contributed by atoms with van der Waals surface area (Å²) in [6.07, 6.45) is -1.16. The van der Waals surface area contributed by atoms with Gasteiger partial charge in [0, 0.05) is 12.6 Å². The van der Waals surface area contributed by atoms with Crippen LogP contribution < -0.4 is 0 Å². The van der Waals surface area contributed by atoms with Crippen molar-refractivity contribution in [1.29, 1.82) is 5.26 Å². The molecule has 1 N–H and O–H groups in total. The van der Waals surface area contributed by atoms with E-state index in [-0.39, 0.29) is 18.4 Å². The van der Waals surface area contributed by atoms with E-state index >= 15 is 0 Å². The largest absolute Gasteiger partial charge is 0.388 e. The third-order valence-corrected chi connectivity index (χ3v) is 3.98. The van der Waals surface area contributed by atoms with Crippen LogP contribution in [0.4, 0.5) is 4.39 Å². The fraction of sp³-hybridized carbons (Fsp3) is 0.300. The Hall–Kier alpha value is -2.71. The lowest BCUT2D eigenvalue weighted by Crippen LogP contribution is -2.37. The minimum absolute atomic E-state index is 0.0529. The van der Waals surface area contributed by atoms with Crippen molar-refractivity contribution >= 4 is 5.91 Å². The number of nitriles is 1. The molecule has 0 heterocycles. The average Bonchev–Trinajstić information content (AvgIpc) is 2.59. The van der Waals surface area contributed by atoms with E-state index in [0.717, 1.165) is 5.56 Å². The minimum Gasteiger partial charge on any atom is -0.388 e. The number of halogens is 1. The highest BCUT2D eigenvalue weighted by Crippen LogP contribution is 2.20. The van der Waals surface area contributed by atoms with Gasteiger partial charge < -0.3 is 10.0 Å². The van der Waals surface area contributed by atoms with Gasteiger partial charge in [0.1, 0.15) is 5.82 Å². The van der Waals surface area contributed by atoms with Crippen LogP contribution in [0.3, 0.4) is 0 Å². The number of hydrogen-bond donors (Lipinski definition) is 1. The maximum Gasteiger partial charge on any atom is 0.226 e. The molecule has 0 aromatic heterocycles. The van der Waals surface area contributed by atoms with E-state index < -0.39 is 11.9 Å². The Labute approximate surface area is 147 Å². The van der Waals surface area contributed by atoms with Crippen LogP contribution in [0.1, 0.15) is 43.1 Å². The van der Waals surface area contributed by atoms with Crippen molar-refractivity contribution < 1.29 is 14.3 Å². The van der Waals surface area contributed by atoms with Gasteiger partial charge in [0.2, 0.25) is 5.91 Å². The van der Waals surface area contributed by atoms with Gasteiger partial charge in [-0.05, 0) is 49.2 Å². The Bertz CT molecular complexity index is 766.